The molecule has 0 spiro atoms. The minimum Gasteiger partial charge on any atom is -0.316 e. The van der Waals surface area contributed by atoms with Gasteiger partial charge in [0.2, 0.25) is 0 Å². The fourth-order valence-electron chi connectivity index (χ4n) is 2.98. The van der Waals surface area contributed by atoms with Gasteiger partial charge in [0.25, 0.3) is 13.4 Å². The quantitative estimate of drug-likeness (QED) is 0.450. The summed E-state index contributed by atoms with van der Waals surface area (Å²) in [6.45, 7) is 21.7. The van der Waals surface area contributed by atoms with Gasteiger partial charge in [0.05, 0.1) is 18.3 Å². The summed E-state index contributed by atoms with van der Waals surface area (Å²) < 4.78 is 21.8. The van der Waals surface area contributed by atoms with E-state index in [1.54, 1.807) is 24.3 Å². The van der Waals surface area contributed by atoms with Crippen LogP contribution in [0, 0.1) is 12.0 Å². The summed E-state index contributed by atoms with van der Waals surface area (Å²) in [6.07, 6.45) is 0. The lowest BCUT2D eigenvalue weighted by atomic mass is 9.99. The second-order valence-electron chi connectivity index (χ2n) is 9.57. The van der Waals surface area contributed by atoms with Crippen LogP contribution in [0.4, 0.5) is 5.69 Å². The molecule has 0 radical (unpaired) electrons. The van der Waals surface area contributed by atoms with Crippen LogP contribution >= 0.6 is 7.52 Å². The molecular weight excluding hydrogens is 411 g/mol. The molecule has 31 heavy (non-hydrogen) atoms. The van der Waals surface area contributed by atoms with Gasteiger partial charge in [-0.05, 0) is 32.3 Å². The molecule has 7 nitrogen and oxygen atoms in total. The third-order valence-corrected chi connectivity index (χ3v) is 7.97. The second-order valence-corrected chi connectivity index (χ2v) is 12.8. The maximum absolute atomic E-state index is 13.8. The van der Waals surface area contributed by atoms with Crippen molar-refractivity contribution in [3.05, 3.63) is 41.2 Å². The van der Waals surface area contributed by atoms with Crippen LogP contribution in [0.15, 0.2) is 24.3 Å². The lowest BCUT2D eigenvalue weighted by Crippen LogP contribution is -2.53. The fourth-order valence-corrected chi connectivity index (χ4v) is 5.64. The highest BCUT2D eigenvalue weighted by Gasteiger charge is 2.45. The Labute approximate surface area is 189 Å². The Morgan fingerprint density at radius 3 is 2.19 bits per heavy atom. The predicted molar refractivity (Wildman–Crippen MR) is 130 cm³/mol. The van der Waals surface area contributed by atoms with Crippen molar-refractivity contribution in [2.24, 2.45) is 5.41 Å². The third-order valence-electron chi connectivity index (χ3n) is 4.65. The number of carbonyl (C=O) groups excluding carboxylic acids is 1. The van der Waals surface area contributed by atoms with Crippen molar-refractivity contribution in [1.82, 2.24) is 15.1 Å². The normalized spacial score (nSPS) is 17.5. The van der Waals surface area contributed by atoms with Gasteiger partial charge in [0, 0.05) is 31.7 Å². The lowest BCUT2D eigenvalue weighted by Gasteiger charge is -2.44. The lowest BCUT2D eigenvalue weighted by molar-refractivity contribution is 0.0685. The van der Waals surface area contributed by atoms with Crippen molar-refractivity contribution in [1.29, 1.82) is 0 Å². The standard InChI is InChI=1S/C21H33N4O3P.2CH4/c1-20(2,3)16-28-29(27,21(4,5)6)25-13-11-24(12-14-25)23-19(26)17-9-8-10-18(15-17)22-7;;/h8-10,15H,11-14,16H2,1-6H3,(H,23,26);2*1H4. The number of nitrogens with zero attached hydrogens (tertiary/aromatic N) is 3. The Hall–Kier alpha value is -1.71. The molecule has 1 saturated heterocycles. The van der Waals surface area contributed by atoms with Gasteiger partial charge >= 0.3 is 0 Å². The first-order valence-corrected chi connectivity index (χ1v) is 11.5. The Morgan fingerprint density at radius 2 is 1.71 bits per heavy atom. The number of rotatable bonds is 5. The first-order chi connectivity index (χ1) is 13.4. The van der Waals surface area contributed by atoms with Crippen molar-refractivity contribution in [3.8, 4) is 0 Å². The number of hydrazine groups is 1. The average molecular weight is 453 g/mol. The summed E-state index contributed by atoms with van der Waals surface area (Å²) >= 11 is 0. The van der Waals surface area contributed by atoms with Crippen molar-refractivity contribution in [3.63, 3.8) is 0 Å². The molecule has 1 fully saturated rings. The molecule has 1 amide bonds. The van der Waals surface area contributed by atoms with E-state index in [4.69, 9.17) is 11.1 Å². The number of nitrogens with one attached hydrogen (secondary N) is 1. The van der Waals surface area contributed by atoms with Gasteiger partial charge in [-0.1, -0.05) is 53.8 Å². The molecule has 0 saturated carbocycles. The zero-order chi connectivity index (χ0) is 21.9. The molecule has 1 unspecified atom stereocenters. The van der Waals surface area contributed by atoms with E-state index in [9.17, 15) is 9.36 Å². The first kappa shape index (κ1) is 29.3. The molecule has 1 heterocycles. The molecule has 176 valence electrons. The monoisotopic (exact) mass is 452 g/mol. The number of benzene rings is 1. The summed E-state index contributed by atoms with van der Waals surface area (Å²) in [7, 11) is -3.04. The SMILES string of the molecule is C.C.[C-]#[N+]c1cccc(C(=O)NN2CCN(P(=O)(OCC(C)(C)C)C(C)(C)C)CC2)c1. The van der Waals surface area contributed by atoms with Gasteiger partial charge < -0.3 is 4.52 Å². The van der Waals surface area contributed by atoms with Crippen LogP contribution < -0.4 is 5.43 Å². The van der Waals surface area contributed by atoms with Crippen LogP contribution in [0.5, 0.6) is 0 Å². The molecular formula is C23H41N4O3P. The highest BCUT2D eigenvalue weighted by molar-refractivity contribution is 7.58. The van der Waals surface area contributed by atoms with E-state index < -0.39 is 12.7 Å². The molecule has 0 bridgehead atoms. The molecule has 2 rings (SSSR count). The fraction of sp³-hybridized carbons (Fsp3) is 0.652. The third kappa shape index (κ3) is 7.73. The van der Waals surface area contributed by atoms with Crippen LogP contribution in [0.3, 0.4) is 0 Å². The molecule has 1 aromatic carbocycles. The van der Waals surface area contributed by atoms with E-state index in [1.165, 1.54) is 0 Å². The van der Waals surface area contributed by atoms with E-state index in [0.717, 1.165) is 0 Å². The number of hydrogen-bond donors (Lipinski definition) is 1. The second kappa shape index (κ2) is 11.2. The first-order valence-electron chi connectivity index (χ1n) is 9.89. The predicted octanol–water partition coefficient (Wildman–Crippen LogP) is 5.83. The highest BCUT2D eigenvalue weighted by Crippen LogP contribution is 2.62. The van der Waals surface area contributed by atoms with Gasteiger partial charge in [0.1, 0.15) is 0 Å². The van der Waals surface area contributed by atoms with E-state index in [2.05, 4.69) is 31.0 Å². The van der Waals surface area contributed by atoms with Gasteiger partial charge in [-0.3, -0.25) is 14.8 Å². The average Bonchev–Trinajstić information content (AvgIpc) is 2.65. The van der Waals surface area contributed by atoms with Gasteiger partial charge in [-0.15, -0.1) is 0 Å². The van der Waals surface area contributed by atoms with Crippen LogP contribution in [0.1, 0.15) is 66.8 Å². The number of carbonyl (C=O) groups is 1. The van der Waals surface area contributed by atoms with E-state index in [-0.39, 0.29) is 26.2 Å². The van der Waals surface area contributed by atoms with Gasteiger partial charge in [-0.25, -0.2) is 14.5 Å². The topological polar surface area (TPSA) is 66.2 Å². The smallest absolute Gasteiger partial charge is 0.277 e. The molecule has 0 aliphatic carbocycles. The molecule has 1 N–H and O–H groups in total. The van der Waals surface area contributed by atoms with E-state index in [0.29, 0.717) is 44.0 Å². The van der Waals surface area contributed by atoms with E-state index >= 15 is 0 Å². The zero-order valence-electron chi connectivity index (χ0n) is 18.4. The largest absolute Gasteiger partial charge is 0.316 e. The van der Waals surface area contributed by atoms with Crippen LogP contribution in [-0.4, -0.2) is 53.5 Å². The van der Waals surface area contributed by atoms with Crippen molar-refractivity contribution in [2.75, 3.05) is 32.8 Å². The Bertz CT molecular complexity index is 813. The zero-order valence-corrected chi connectivity index (χ0v) is 19.3. The van der Waals surface area contributed by atoms with E-state index in [1.807, 2.05) is 30.5 Å². The summed E-state index contributed by atoms with van der Waals surface area (Å²) in [5.74, 6) is -0.244. The van der Waals surface area contributed by atoms with Crippen molar-refractivity contribution >= 4 is 19.1 Å². The van der Waals surface area contributed by atoms with Crippen LogP contribution in [0.2, 0.25) is 0 Å². The number of amides is 1. The maximum Gasteiger partial charge on any atom is 0.277 e. The van der Waals surface area contributed by atoms with Crippen molar-refractivity contribution in [2.45, 2.75) is 61.6 Å². The molecule has 1 aliphatic rings. The molecule has 8 heteroatoms. The number of hydrogen-bond acceptors (Lipinski definition) is 4. The molecule has 1 aromatic rings. The Balaban J connectivity index is 0.00000450. The molecule has 1 aliphatic heterocycles. The summed E-state index contributed by atoms with van der Waals surface area (Å²) in [5, 5.41) is 1.34. The summed E-state index contributed by atoms with van der Waals surface area (Å²) in [5.41, 5.74) is 3.70. The Morgan fingerprint density at radius 1 is 1.13 bits per heavy atom. The summed E-state index contributed by atoms with van der Waals surface area (Å²) in [4.78, 5) is 15.8. The van der Waals surface area contributed by atoms with Crippen LogP contribution in [-0.2, 0) is 9.09 Å². The van der Waals surface area contributed by atoms with Gasteiger partial charge in [-0.2, -0.15) is 0 Å². The summed E-state index contributed by atoms with van der Waals surface area (Å²) in [6, 6.07) is 6.64. The highest BCUT2D eigenvalue weighted by atomic mass is 31.2. The minimum atomic E-state index is -3.04. The van der Waals surface area contributed by atoms with Gasteiger partial charge in [0.15, 0.2) is 5.69 Å². The van der Waals surface area contributed by atoms with Crippen molar-refractivity contribution < 1.29 is 13.9 Å². The molecule has 1 atom stereocenters. The van der Waals surface area contributed by atoms with Crippen LogP contribution in [0.25, 0.3) is 4.85 Å². The maximum atomic E-state index is 13.8. The molecule has 0 aromatic heterocycles. The Kier molecular flexibility index (Phi) is 10.6. The minimum absolute atomic E-state index is 0. The number of piperazine rings is 1.